The Labute approximate surface area is 160 Å². The van der Waals surface area contributed by atoms with Crippen LogP contribution < -0.4 is 4.90 Å². The van der Waals surface area contributed by atoms with Crippen LogP contribution in [0.25, 0.3) is 11.3 Å². The highest BCUT2D eigenvalue weighted by molar-refractivity contribution is 5.63. The molecule has 1 fully saturated rings. The number of fused-ring (bicyclic) bond motifs is 2. The smallest absolute Gasteiger partial charge is 0.358 e. The molecule has 0 bridgehead atoms. The fourth-order valence-corrected chi connectivity index (χ4v) is 3.76. The summed E-state index contributed by atoms with van der Waals surface area (Å²) >= 11 is 0. The molecule has 0 saturated carbocycles. The van der Waals surface area contributed by atoms with E-state index in [1.54, 1.807) is 22.7 Å². The number of piperazine rings is 1. The number of hydrogen-bond donors (Lipinski definition) is 0. The molecule has 0 spiro atoms. The van der Waals surface area contributed by atoms with Crippen LogP contribution in [0.4, 0.5) is 11.6 Å². The lowest BCUT2D eigenvalue weighted by molar-refractivity contribution is -0.389. The molecule has 1 aliphatic rings. The molecule has 4 aromatic heterocycles. The first kappa shape index (κ1) is 16.7. The number of pyridine rings is 2. The van der Waals surface area contributed by atoms with Crippen molar-refractivity contribution in [1.29, 1.82) is 0 Å². The largest absolute Gasteiger partial charge is 0.372 e. The third kappa shape index (κ3) is 2.85. The third-order valence-electron chi connectivity index (χ3n) is 5.13. The predicted molar refractivity (Wildman–Crippen MR) is 105 cm³/mol. The lowest BCUT2D eigenvalue weighted by Gasteiger charge is -2.34. The zero-order valence-corrected chi connectivity index (χ0v) is 15.2. The molecule has 9 heteroatoms. The molecule has 0 aliphatic carbocycles. The molecule has 0 aromatic carbocycles. The molecule has 0 N–H and O–H groups in total. The number of nitrogens with zero attached hydrogens (tertiary/aromatic N) is 7. The van der Waals surface area contributed by atoms with Gasteiger partial charge >= 0.3 is 5.82 Å². The molecule has 142 valence electrons. The van der Waals surface area contributed by atoms with Gasteiger partial charge < -0.3 is 19.4 Å². The Morgan fingerprint density at radius 2 is 1.71 bits per heavy atom. The van der Waals surface area contributed by atoms with E-state index in [-0.39, 0.29) is 10.7 Å². The van der Waals surface area contributed by atoms with Crippen LogP contribution in [0.2, 0.25) is 0 Å². The van der Waals surface area contributed by atoms with E-state index in [4.69, 9.17) is 0 Å². The lowest BCUT2D eigenvalue weighted by atomic mass is 10.3. The van der Waals surface area contributed by atoms with Gasteiger partial charge in [-0.1, -0.05) is 12.1 Å². The van der Waals surface area contributed by atoms with Gasteiger partial charge in [-0.2, -0.15) is 9.38 Å². The topological polar surface area (TPSA) is 84.2 Å². The summed E-state index contributed by atoms with van der Waals surface area (Å²) in [6.07, 6.45) is 5.73. The summed E-state index contributed by atoms with van der Waals surface area (Å²) in [6.45, 7) is 3.76. The van der Waals surface area contributed by atoms with Crippen molar-refractivity contribution in [3.63, 3.8) is 0 Å². The van der Waals surface area contributed by atoms with Gasteiger partial charge in [0.25, 0.3) is 0 Å². The monoisotopic (exact) mass is 377 g/mol. The average Bonchev–Trinajstić information content (AvgIpc) is 3.29. The van der Waals surface area contributed by atoms with E-state index in [0.717, 1.165) is 31.0 Å². The van der Waals surface area contributed by atoms with E-state index in [9.17, 15) is 10.1 Å². The van der Waals surface area contributed by atoms with Gasteiger partial charge in [-0.15, -0.1) is 0 Å². The summed E-state index contributed by atoms with van der Waals surface area (Å²) in [5.41, 5.74) is 2.56. The van der Waals surface area contributed by atoms with Gasteiger partial charge in [-0.05, 0) is 23.1 Å². The standard InChI is InChI=1S/C19H19N7O2/c27-26(28)19-18(21-17-6-2-4-8-25(17)19)23-11-9-22(10-12-23)13-15-14-24-7-3-1-5-16(24)20-15/h1-8,14H,9-13H2. The van der Waals surface area contributed by atoms with Crippen LogP contribution in [-0.2, 0) is 6.54 Å². The highest BCUT2D eigenvalue weighted by Crippen LogP contribution is 2.29. The maximum Gasteiger partial charge on any atom is 0.372 e. The van der Waals surface area contributed by atoms with Crippen molar-refractivity contribution >= 4 is 22.9 Å². The van der Waals surface area contributed by atoms with Crippen LogP contribution in [-0.4, -0.2) is 54.8 Å². The summed E-state index contributed by atoms with van der Waals surface area (Å²) < 4.78 is 3.56. The summed E-state index contributed by atoms with van der Waals surface area (Å²) in [7, 11) is 0. The van der Waals surface area contributed by atoms with E-state index < -0.39 is 0 Å². The summed E-state index contributed by atoms with van der Waals surface area (Å²) in [5.74, 6) is 0.480. The highest BCUT2D eigenvalue weighted by atomic mass is 16.6. The molecule has 0 amide bonds. The quantitative estimate of drug-likeness (QED) is 0.400. The Hall–Kier alpha value is -3.46. The first-order chi connectivity index (χ1) is 13.7. The van der Waals surface area contributed by atoms with Crippen LogP contribution in [0.15, 0.2) is 55.0 Å². The molecular formula is C19H19N7O2. The number of anilines is 1. The second-order valence-electron chi connectivity index (χ2n) is 6.91. The van der Waals surface area contributed by atoms with Crippen LogP contribution in [0, 0.1) is 10.1 Å². The van der Waals surface area contributed by atoms with E-state index in [0.29, 0.717) is 24.6 Å². The fourth-order valence-electron chi connectivity index (χ4n) is 3.76. The summed E-state index contributed by atoms with van der Waals surface area (Å²) in [6, 6.07) is 11.4. The van der Waals surface area contributed by atoms with E-state index in [1.165, 1.54) is 0 Å². The minimum absolute atomic E-state index is 0.0319. The van der Waals surface area contributed by atoms with Gasteiger partial charge in [-0.25, -0.2) is 4.98 Å². The first-order valence-corrected chi connectivity index (χ1v) is 9.20. The number of hydrogen-bond acceptors (Lipinski definition) is 6. The predicted octanol–water partition coefficient (Wildman–Crippen LogP) is 2.21. The van der Waals surface area contributed by atoms with Crippen LogP contribution in [0.1, 0.15) is 5.69 Å². The second-order valence-corrected chi connectivity index (χ2v) is 6.91. The molecule has 28 heavy (non-hydrogen) atoms. The number of imidazole rings is 2. The van der Waals surface area contributed by atoms with Crippen LogP contribution >= 0.6 is 0 Å². The van der Waals surface area contributed by atoms with Crippen molar-refractivity contribution in [3.05, 3.63) is 70.8 Å². The molecule has 1 aliphatic heterocycles. The van der Waals surface area contributed by atoms with Gasteiger partial charge in [0.2, 0.25) is 11.5 Å². The Balaban J connectivity index is 1.32. The van der Waals surface area contributed by atoms with E-state index in [2.05, 4.69) is 21.1 Å². The molecule has 5 heterocycles. The third-order valence-corrected chi connectivity index (χ3v) is 5.13. The maximum absolute atomic E-state index is 11.6. The molecule has 0 unspecified atom stereocenters. The van der Waals surface area contributed by atoms with E-state index in [1.807, 2.05) is 39.8 Å². The molecule has 9 nitrogen and oxygen atoms in total. The van der Waals surface area contributed by atoms with Crippen molar-refractivity contribution in [1.82, 2.24) is 23.7 Å². The fraction of sp³-hybridized carbons (Fsp3) is 0.263. The Kier molecular flexibility index (Phi) is 3.94. The highest BCUT2D eigenvalue weighted by Gasteiger charge is 2.29. The minimum atomic E-state index is -0.349. The summed E-state index contributed by atoms with van der Waals surface area (Å²) in [5, 5.41) is 11.6. The van der Waals surface area contributed by atoms with Gasteiger partial charge in [0.05, 0.1) is 11.9 Å². The van der Waals surface area contributed by atoms with Gasteiger partial charge in [0, 0.05) is 51.2 Å². The molecule has 5 rings (SSSR count). The zero-order valence-electron chi connectivity index (χ0n) is 15.2. The lowest BCUT2D eigenvalue weighted by Crippen LogP contribution is -2.46. The Morgan fingerprint density at radius 3 is 2.46 bits per heavy atom. The normalized spacial score (nSPS) is 15.5. The minimum Gasteiger partial charge on any atom is -0.358 e. The second kappa shape index (κ2) is 6.61. The Morgan fingerprint density at radius 1 is 0.964 bits per heavy atom. The molecule has 4 aromatic rings. The van der Waals surface area contributed by atoms with Gasteiger partial charge in [-0.3, -0.25) is 4.90 Å². The number of rotatable bonds is 4. The van der Waals surface area contributed by atoms with Crippen molar-refractivity contribution < 1.29 is 4.92 Å². The van der Waals surface area contributed by atoms with Crippen molar-refractivity contribution in [2.24, 2.45) is 0 Å². The molecular weight excluding hydrogens is 358 g/mol. The molecule has 0 atom stereocenters. The Bertz CT molecular complexity index is 1120. The maximum atomic E-state index is 11.6. The number of nitro groups is 1. The van der Waals surface area contributed by atoms with Crippen molar-refractivity contribution in [2.75, 3.05) is 31.1 Å². The summed E-state index contributed by atoms with van der Waals surface area (Å²) in [4.78, 5) is 24.8. The first-order valence-electron chi connectivity index (χ1n) is 9.20. The molecule has 0 radical (unpaired) electrons. The van der Waals surface area contributed by atoms with Crippen LogP contribution in [0.3, 0.4) is 0 Å². The van der Waals surface area contributed by atoms with Gasteiger partial charge in [0.1, 0.15) is 5.65 Å². The van der Waals surface area contributed by atoms with E-state index >= 15 is 0 Å². The van der Waals surface area contributed by atoms with Crippen LogP contribution in [0.5, 0.6) is 0 Å². The van der Waals surface area contributed by atoms with Gasteiger partial charge in [0.15, 0.2) is 0 Å². The van der Waals surface area contributed by atoms with Crippen molar-refractivity contribution in [2.45, 2.75) is 6.54 Å². The zero-order chi connectivity index (χ0) is 19.1. The molecule has 1 saturated heterocycles. The number of aromatic nitrogens is 4. The van der Waals surface area contributed by atoms with Crippen molar-refractivity contribution in [3.8, 4) is 0 Å². The SMILES string of the molecule is O=[N+]([O-])c1c(N2CCN(Cc3cn4ccccc4n3)CC2)nc2ccccn12. The average molecular weight is 377 g/mol.